The normalized spacial score (nSPS) is 13.4. The van der Waals surface area contributed by atoms with Crippen LogP contribution < -0.4 is 4.90 Å². The predicted octanol–water partition coefficient (Wildman–Crippen LogP) is 12.8. The summed E-state index contributed by atoms with van der Waals surface area (Å²) in [6.45, 7) is 4.67. The molecule has 0 bridgehead atoms. The van der Waals surface area contributed by atoms with E-state index in [1.54, 1.807) is 0 Å². The summed E-state index contributed by atoms with van der Waals surface area (Å²) in [7, 11) is 0. The number of fused-ring (bicyclic) bond motifs is 9. The number of hydrogen-bond donors (Lipinski definition) is 0. The van der Waals surface area contributed by atoms with Gasteiger partial charge in [-0.1, -0.05) is 98.8 Å². The van der Waals surface area contributed by atoms with Crippen LogP contribution in [-0.2, 0) is 5.41 Å². The van der Waals surface area contributed by atoms with Gasteiger partial charge in [-0.25, -0.2) is 4.98 Å². The topological polar surface area (TPSA) is 29.3 Å². The molecule has 2 heterocycles. The van der Waals surface area contributed by atoms with Crippen molar-refractivity contribution >= 4 is 70.4 Å². The SMILES string of the molecule is CC1(C)c2ccccc2-c2cc(N(c3ccc4c(c3)sc3ccccc34)c3ccc4ccc5nc(-c6ccccc6)oc5c4c3)ccc21. The average molecular weight is 635 g/mol. The highest BCUT2D eigenvalue weighted by molar-refractivity contribution is 7.25. The summed E-state index contributed by atoms with van der Waals surface area (Å²) in [5, 5.41) is 4.76. The minimum Gasteiger partial charge on any atom is -0.435 e. The third-order valence-corrected chi connectivity index (χ3v) is 11.2. The fourth-order valence-corrected chi connectivity index (χ4v) is 8.82. The Morgan fingerprint density at radius 2 is 1.25 bits per heavy atom. The summed E-state index contributed by atoms with van der Waals surface area (Å²) >= 11 is 1.85. The lowest BCUT2D eigenvalue weighted by atomic mass is 9.82. The molecule has 0 atom stereocenters. The van der Waals surface area contributed by atoms with Crippen LogP contribution >= 0.6 is 11.3 Å². The molecule has 0 saturated heterocycles. The maximum Gasteiger partial charge on any atom is 0.227 e. The van der Waals surface area contributed by atoms with Gasteiger partial charge in [-0.05, 0) is 88.3 Å². The van der Waals surface area contributed by atoms with Crippen LogP contribution in [0.4, 0.5) is 17.1 Å². The zero-order valence-electron chi connectivity index (χ0n) is 26.6. The third-order valence-electron chi connectivity index (χ3n) is 10.1. The van der Waals surface area contributed by atoms with Crippen molar-refractivity contribution in [2.45, 2.75) is 19.3 Å². The molecule has 48 heavy (non-hydrogen) atoms. The number of thiophene rings is 1. The van der Waals surface area contributed by atoms with Crippen molar-refractivity contribution in [2.24, 2.45) is 0 Å². The highest BCUT2D eigenvalue weighted by Gasteiger charge is 2.35. The van der Waals surface area contributed by atoms with Crippen molar-refractivity contribution in [3.63, 3.8) is 0 Å². The molecule has 0 saturated carbocycles. The monoisotopic (exact) mass is 634 g/mol. The molecule has 228 valence electrons. The lowest BCUT2D eigenvalue weighted by molar-refractivity contribution is 0.623. The first-order valence-corrected chi connectivity index (χ1v) is 17.2. The Balaban J connectivity index is 1.20. The van der Waals surface area contributed by atoms with Gasteiger partial charge in [0.2, 0.25) is 5.89 Å². The maximum absolute atomic E-state index is 6.50. The number of anilines is 3. The highest BCUT2D eigenvalue weighted by Crippen LogP contribution is 2.51. The zero-order chi connectivity index (χ0) is 32.0. The Kier molecular flexibility index (Phi) is 5.79. The largest absolute Gasteiger partial charge is 0.435 e. The van der Waals surface area contributed by atoms with Crippen LogP contribution in [0.2, 0.25) is 0 Å². The molecule has 0 radical (unpaired) electrons. The molecular weight excluding hydrogens is 605 g/mol. The smallest absolute Gasteiger partial charge is 0.227 e. The summed E-state index contributed by atoms with van der Waals surface area (Å²) in [6.07, 6.45) is 0. The van der Waals surface area contributed by atoms with E-state index < -0.39 is 0 Å². The lowest BCUT2D eigenvalue weighted by Gasteiger charge is -2.27. The molecule has 10 rings (SSSR count). The van der Waals surface area contributed by atoms with Crippen molar-refractivity contribution < 1.29 is 4.42 Å². The van der Waals surface area contributed by atoms with Gasteiger partial charge < -0.3 is 9.32 Å². The molecule has 0 amide bonds. The van der Waals surface area contributed by atoms with Crippen LogP contribution in [0.3, 0.4) is 0 Å². The number of oxazole rings is 1. The highest BCUT2D eigenvalue weighted by atomic mass is 32.1. The van der Waals surface area contributed by atoms with Crippen molar-refractivity contribution in [3.05, 3.63) is 157 Å². The number of benzene rings is 7. The minimum atomic E-state index is -0.0530. The Bertz CT molecular complexity index is 2720. The van der Waals surface area contributed by atoms with Crippen molar-refractivity contribution in [3.8, 4) is 22.6 Å². The Hall–Kier alpha value is -5.71. The van der Waals surface area contributed by atoms with Gasteiger partial charge in [0, 0.05) is 53.6 Å². The summed E-state index contributed by atoms with van der Waals surface area (Å²) in [4.78, 5) is 7.27. The molecule has 0 spiro atoms. The van der Waals surface area contributed by atoms with E-state index in [0.717, 1.165) is 44.5 Å². The standard InChI is InChI=1S/C44H30N2OS/c1-44(2)37-14-8-6-12-32(37)36-25-30(20-22-38(36)44)46(31-19-21-34-33-13-7-9-15-40(33)48-41(34)26-31)29-18-16-27-17-23-39-42(35(27)24-29)47-43(45-39)28-10-4-3-5-11-28/h3-26H,1-2H3. The lowest BCUT2D eigenvalue weighted by Crippen LogP contribution is -2.15. The summed E-state index contributed by atoms with van der Waals surface area (Å²) in [6, 6.07) is 52.4. The number of nitrogens with zero attached hydrogens (tertiary/aromatic N) is 2. The van der Waals surface area contributed by atoms with Gasteiger partial charge >= 0.3 is 0 Å². The van der Waals surface area contributed by atoms with Crippen LogP contribution in [0.15, 0.2) is 150 Å². The van der Waals surface area contributed by atoms with Gasteiger partial charge in [-0.15, -0.1) is 11.3 Å². The Labute approximate surface area is 282 Å². The minimum absolute atomic E-state index is 0.0530. The maximum atomic E-state index is 6.50. The van der Waals surface area contributed by atoms with Gasteiger partial charge in [0.15, 0.2) is 5.58 Å². The molecular formula is C44H30N2OS. The van der Waals surface area contributed by atoms with E-state index in [9.17, 15) is 0 Å². The van der Waals surface area contributed by atoms with E-state index in [-0.39, 0.29) is 5.41 Å². The second-order valence-electron chi connectivity index (χ2n) is 13.2. The predicted molar refractivity (Wildman–Crippen MR) is 202 cm³/mol. The molecule has 0 aliphatic heterocycles. The third kappa shape index (κ3) is 4.03. The number of aromatic nitrogens is 1. The Morgan fingerprint density at radius 1 is 0.562 bits per heavy atom. The van der Waals surface area contributed by atoms with E-state index in [1.807, 2.05) is 41.7 Å². The first-order chi connectivity index (χ1) is 23.5. The molecule has 9 aromatic rings. The average Bonchev–Trinajstić information content (AvgIpc) is 3.80. The molecule has 0 fully saturated rings. The first kappa shape index (κ1) is 27.4. The molecule has 2 aromatic heterocycles. The van der Waals surface area contributed by atoms with Crippen LogP contribution in [0.1, 0.15) is 25.0 Å². The van der Waals surface area contributed by atoms with Crippen molar-refractivity contribution in [1.29, 1.82) is 0 Å². The fraction of sp³-hybridized carbons (Fsp3) is 0.0682. The van der Waals surface area contributed by atoms with Gasteiger partial charge in [-0.3, -0.25) is 0 Å². The van der Waals surface area contributed by atoms with E-state index in [4.69, 9.17) is 9.40 Å². The molecule has 0 unspecified atom stereocenters. The molecule has 0 N–H and O–H groups in total. The van der Waals surface area contributed by atoms with Crippen LogP contribution in [0, 0.1) is 0 Å². The van der Waals surface area contributed by atoms with E-state index in [2.05, 4.69) is 134 Å². The van der Waals surface area contributed by atoms with Gasteiger partial charge in [0.05, 0.1) is 0 Å². The summed E-state index contributed by atoms with van der Waals surface area (Å²) in [5.41, 5.74) is 11.2. The summed E-state index contributed by atoms with van der Waals surface area (Å²) in [5.74, 6) is 0.635. The fourth-order valence-electron chi connectivity index (χ4n) is 7.68. The number of rotatable bonds is 4. The number of hydrogen-bond acceptors (Lipinski definition) is 4. The second-order valence-corrected chi connectivity index (χ2v) is 14.3. The molecule has 1 aliphatic rings. The zero-order valence-corrected chi connectivity index (χ0v) is 27.4. The van der Waals surface area contributed by atoms with Gasteiger partial charge in [-0.2, -0.15) is 0 Å². The van der Waals surface area contributed by atoms with E-state index in [0.29, 0.717) is 5.89 Å². The first-order valence-electron chi connectivity index (χ1n) is 16.4. The van der Waals surface area contributed by atoms with E-state index in [1.165, 1.54) is 42.4 Å². The summed E-state index contributed by atoms with van der Waals surface area (Å²) < 4.78 is 9.08. The molecule has 4 heteroatoms. The van der Waals surface area contributed by atoms with Crippen LogP contribution in [0.25, 0.3) is 64.6 Å². The van der Waals surface area contributed by atoms with Crippen molar-refractivity contribution in [1.82, 2.24) is 4.98 Å². The van der Waals surface area contributed by atoms with Gasteiger partial charge in [0.1, 0.15) is 5.52 Å². The van der Waals surface area contributed by atoms with E-state index >= 15 is 0 Å². The quantitative estimate of drug-likeness (QED) is 0.193. The molecule has 1 aliphatic carbocycles. The second kappa shape index (κ2) is 10.1. The van der Waals surface area contributed by atoms with Crippen molar-refractivity contribution in [2.75, 3.05) is 4.90 Å². The molecule has 7 aromatic carbocycles. The Morgan fingerprint density at radius 3 is 2.17 bits per heavy atom. The van der Waals surface area contributed by atoms with Crippen LogP contribution in [-0.4, -0.2) is 4.98 Å². The van der Waals surface area contributed by atoms with Crippen LogP contribution in [0.5, 0.6) is 0 Å². The van der Waals surface area contributed by atoms with Gasteiger partial charge in [0.25, 0.3) is 0 Å². The molecule has 3 nitrogen and oxygen atoms in total.